The van der Waals surface area contributed by atoms with Crippen molar-refractivity contribution in [3.63, 3.8) is 0 Å². The molecule has 1 N–H and O–H groups in total. The zero-order chi connectivity index (χ0) is 22.5. The molecule has 2 aromatic heterocycles. The summed E-state index contributed by atoms with van der Waals surface area (Å²) in [5, 5.41) is 2.86. The molecule has 166 valence electrons. The molecule has 0 unspecified atom stereocenters. The first kappa shape index (κ1) is 21.4. The summed E-state index contributed by atoms with van der Waals surface area (Å²) in [6.07, 6.45) is 3.23. The molecule has 3 heterocycles. The Hall–Kier alpha value is -3.81. The van der Waals surface area contributed by atoms with Crippen molar-refractivity contribution in [1.82, 2.24) is 9.88 Å². The smallest absolute Gasteiger partial charge is 0.289 e. The maximum atomic E-state index is 12.5. The number of nitrogens with zero attached hydrogens (tertiary/aromatic N) is 3. The van der Waals surface area contributed by atoms with Crippen LogP contribution in [0.4, 0.5) is 11.5 Å². The third-order valence-electron chi connectivity index (χ3n) is 5.12. The van der Waals surface area contributed by atoms with Gasteiger partial charge in [-0.2, -0.15) is 0 Å². The average Bonchev–Trinajstić information content (AvgIpc) is 3.34. The van der Waals surface area contributed by atoms with Crippen molar-refractivity contribution in [2.24, 2.45) is 0 Å². The Balaban J connectivity index is 1.30. The molecule has 8 nitrogen and oxygen atoms in total. The Morgan fingerprint density at radius 1 is 1.03 bits per heavy atom. The number of ether oxygens (including phenoxy) is 1. The molecule has 1 saturated heterocycles. The molecule has 0 aliphatic carbocycles. The Labute approximate surface area is 186 Å². The Morgan fingerprint density at radius 3 is 2.38 bits per heavy atom. The van der Waals surface area contributed by atoms with Crippen LogP contribution in [0.15, 0.2) is 65.4 Å². The zero-order valence-corrected chi connectivity index (χ0v) is 18.2. The van der Waals surface area contributed by atoms with Crippen LogP contribution < -0.4 is 15.0 Å². The van der Waals surface area contributed by atoms with Crippen molar-refractivity contribution in [3.05, 3.63) is 72.3 Å². The molecule has 2 amide bonds. The molecule has 1 aromatic carbocycles. The van der Waals surface area contributed by atoms with Gasteiger partial charge in [0.15, 0.2) is 5.76 Å². The fourth-order valence-electron chi connectivity index (χ4n) is 3.50. The summed E-state index contributed by atoms with van der Waals surface area (Å²) in [6.45, 7) is 6.45. The van der Waals surface area contributed by atoms with Crippen molar-refractivity contribution >= 4 is 23.3 Å². The van der Waals surface area contributed by atoms with E-state index in [1.807, 2.05) is 26.0 Å². The molecule has 0 radical (unpaired) electrons. The van der Waals surface area contributed by atoms with Gasteiger partial charge in [-0.05, 0) is 62.4 Å². The number of anilines is 2. The van der Waals surface area contributed by atoms with E-state index in [9.17, 15) is 9.59 Å². The van der Waals surface area contributed by atoms with Gasteiger partial charge in [0.1, 0.15) is 11.6 Å². The standard InChI is InChI=1S/C24H26N4O4/c1-17(2)32-20-8-5-18(6-9-20)23(29)26-19-7-10-22(25-16-19)27-11-13-28(14-12-27)24(30)21-4-3-15-31-21/h3-10,15-17H,11-14H2,1-2H3,(H,26,29). The number of amides is 2. The minimum absolute atomic E-state index is 0.0822. The lowest BCUT2D eigenvalue weighted by molar-refractivity contribution is 0.0714. The van der Waals surface area contributed by atoms with Crippen molar-refractivity contribution in [2.75, 3.05) is 36.4 Å². The van der Waals surface area contributed by atoms with Crippen LogP contribution in [0.3, 0.4) is 0 Å². The second-order valence-electron chi connectivity index (χ2n) is 7.81. The van der Waals surface area contributed by atoms with E-state index < -0.39 is 0 Å². The van der Waals surface area contributed by atoms with Gasteiger partial charge in [-0.25, -0.2) is 4.98 Å². The van der Waals surface area contributed by atoms with E-state index in [4.69, 9.17) is 9.15 Å². The molecule has 0 bridgehead atoms. The van der Waals surface area contributed by atoms with Gasteiger partial charge in [-0.15, -0.1) is 0 Å². The van der Waals surface area contributed by atoms with Gasteiger partial charge in [0.05, 0.1) is 24.3 Å². The van der Waals surface area contributed by atoms with Crippen LogP contribution in [0.2, 0.25) is 0 Å². The molecule has 0 atom stereocenters. The molecule has 1 fully saturated rings. The fraction of sp³-hybridized carbons (Fsp3) is 0.292. The summed E-state index contributed by atoms with van der Waals surface area (Å²) in [4.78, 5) is 33.3. The summed E-state index contributed by atoms with van der Waals surface area (Å²) in [6, 6.07) is 14.1. The van der Waals surface area contributed by atoms with Gasteiger partial charge in [-0.3, -0.25) is 9.59 Å². The lowest BCUT2D eigenvalue weighted by Gasteiger charge is -2.35. The number of hydrogen-bond donors (Lipinski definition) is 1. The first-order valence-corrected chi connectivity index (χ1v) is 10.6. The predicted molar refractivity (Wildman–Crippen MR) is 121 cm³/mol. The van der Waals surface area contributed by atoms with Crippen LogP contribution >= 0.6 is 0 Å². The Kier molecular flexibility index (Phi) is 6.39. The molecule has 1 aliphatic rings. The number of nitrogens with one attached hydrogen (secondary N) is 1. The van der Waals surface area contributed by atoms with Crippen molar-refractivity contribution in [3.8, 4) is 5.75 Å². The number of aromatic nitrogens is 1. The van der Waals surface area contributed by atoms with E-state index in [1.54, 1.807) is 47.5 Å². The fourth-order valence-corrected chi connectivity index (χ4v) is 3.50. The third kappa shape index (κ3) is 5.08. The second-order valence-corrected chi connectivity index (χ2v) is 7.81. The van der Waals surface area contributed by atoms with Crippen molar-refractivity contribution in [2.45, 2.75) is 20.0 Å². The number of carbonyl (C=O) groups excluding carboxylic acids is 2. The highest BCUT2D eigenvalue weighted by Gasteiger charge is 2.24. The van der Waals surface area contributed by atoms with Gasteiger partial charge in [0.25, 0.3) is 11.8 Å². The van der Waals surface area contributed by atoms with Crippen LogP contribution in [0.1, 0.15) is 34.8 Å². The number of pyridine rings is 1. The van der Waals surface area contributed by atoms with E-state index >= 15 is 0 Å². The Morgan fingerprint density at radius 2 is 1.78 bits per heavy atom. The highest BCUT2D eigenvalue weighted by molar-refractivity contribution is 6.04. The lowest BCUT2D eigenvalue weighted by atomic mass is 10.2. The second kappa shape index (κ2) is 9.55. The van der Waals surface area contributed by atoms with Crippen LogP contribution in [0.25, 0.3) is 0 Å². The molecule has 4 rings (SSSR count). The number of hydrogen-bond acceptors (Lipinski definition) is 6. The maximum Gasteiger partial charge on any atom is 0.289 e. The normalized spacial score (nSPS) is 13.8. The predicted octanol–water partition coefficient (Wildman–Crippen LogP) is 3.68. The Bertz CT molecular complexity index is 1040. The highest BCUT2D eigenvalue weighted by atomic mass is 16.5. The molecular weight excluding hydrogens is 408 g/mol. The highest BCUT2D eigenvalue weighted by Crippen LogP contribution is 2.19. The molecule has 3 aromatic rings. The van der Waals surface area contributed by atoms with Gasteiger partial charge in [0, 0.05) is 31.7 Å². The van der Waals surface area contributed by atoms with Crippen molar-refractivity contribution < 1.29 is 18.7 Å². The SMILES string of the molecule is CC(C)Oc1ccc(C(=O)Nc2ccc(N3CCN(C(=O)c4ccco4)CC3)nc2)cc1. The average molecular weight is 434 g/mol. The van der Waals surface area contributed by atoms with E-state index in [1.165, 1.54) is 6.26 Å². The molecule has 0 saturated carbocycles. The summed E-state index contributed by atoms with van der Waals surface area (Å²) in [7, 11) is 0. The van der Waals surface area contributed by atoms with E-state index in [2.05, 4.69) is 15.2 Å². The van der Waals surface area contributed by atoms with E-state index in [0.29, 0.717) is 43.2 Å². The number of rotatable bonds is 6. The molecule has 8 heteroatoms. The van der Waals surface area contributed by atoms with Crippen molar-refractivity contribution in [1.29, 1.82) is 0 Å². The first-order valence-electron chi connectivity index (χ1n) is 10.6. The lowest BCUT2D eigenvalue weighted by Crippen LogP contribution is -2.49. The van der Waals surface area contributed by atoms with Crippen LogP contribution in [0, 0.1) is 0 Å². The summed E-state index contributed by atoms with van der Waals surface area (Å²) >= 11 is 0. The van der Waals surface area contributed by atoms with Crippen LogP contribution in [-0.2, 0) is 0 Å². The van der Waals surface area contributed by atoms with E-state index in [-0.39, 0.29) is 17.9 Å². The topological polar surface area (TPSA) is 87.9 Å². The molecule has 1 aliphatic heterocycles. The van der Waals surface area contributed by atoms with Gasteiger partial charge >= 0.3 is 0 Å². The quantitative estimate of drug-likeness (QED) is 0.637. The minimum Gasteiger partial charge on any atom is -0.491 e. The third-order valence-corrected chi connectivity index (χ3v) is 5.12. The van der Waals surface area contributed by atoms with Gasteiger partial charge in [-0.1, -0.05) is 0 Å². The first-order chi connectivity index (χ1) is 15.5. The minimum atomic E-state index is -0.208. The van der Waals surface area contributed by atoms with Gasteiger partial charge < -0.3 is 24.3 Å². The maximum absolute atomic E-state index is 12.5. The van der Waals surface area contributed by atoms with Gasteiger partial charge in [0.2, 0.25) is 0 Å². The van der Waals surface area contributed by atoms with Crippen LogP contribution in [-0.4, -0.2) is 54.0 Å². The number of carbonyl (C=O) groups is 2. The monoisotopic (exact) mass is 434 g/mol. The molecule has 0 spiro atoms. The summed E-state index contributed by atoms with van der Waals surface area (Å²) in [5.41, 5.74) is 1.16. The summed E-state index contributed by atoms with van der Waals surface area (Å²) in [5.74, 6) is 1.60. The number of benzene rings is 1. The van der Waals surface area contributed by atoms with E-state index in [0.717, 1.165) is 11.6 Å². The number of furan rings is 1. The largest absolute Gasteiger partial charge is 0.491 e. The summed E-state index contributed by atoms with van der Waals surface area (Å²) < 4.78 is 10.8. The molecular formula is C24H26N4O4. The van der Waals surface area contributed by atoms with Crippen LogP contribution in [0.5, 0.6) is 5.75 Å². The number of piperazine rings is 1. The molecule has 32 heavy (non-hydrogen) atoms. The zero-order valence-electron chi connectivity index (χ0n) is 18.2.